The minimum Gasteiger partial charge on any atom is -0.313 e. The Morgan fingerprint density at radius 2 is 2.10 bits per heavy atom. The van der Waals surface area contributed by atoms with Gasteiger partial charge in [-0.15, -0.1) is 0 Å². The van der Waals surface area contributed by atoms with Gasteiger partial charge in [0.2, 0.25) is 0 Å². The fourth-order valence-electron chi connectivity index (χ4n) is 3.53. The first-order valence-corrected chi connectivity index (χ1v) is 8.04. The van der Waals surface area contributed by atoms with Crippen LogP contribution < -0.4 is 5.32 Å². The summed E-state index contributed by atoms with van der Waals surface area (Å²) >= 11 is 0. The van der Waals surface area contributed by atoms with E-state index in [4.69, 9.17) is 0 Å². The van der Waals surface area contributed by atoms with Crippen LogP contribution in [0.2, 0.25) is 0 Å². The summed E-state index contributed by atoms with van der Waals surface area (Å²) in [6.45, 7) is 7.98. The van der Waals surface area contributed by atoms with E-state index in [1.165, 1.54) is 25.3 Å². The first-order chi connectivity index (χ1) is 9.56. The quantitative estimate of drug-likeness (QED) is 0.840. The molecule has 0 bridgehead atoms. The Morgan fingerprint density at radius 1 is 1.30 bits per heavy atom. The lowest BCUT2D eigenvalue weighted by Crippen LogP contribution is -2.43. The van der Waals surface area contributed by atoms with Crippen LogP contribution in [0, 0.1) is 23.6 Å². The summed E-state index contributed by atoms with van der Waals surface area (Å²) in [7, 11) is 0. The van der Waals surface area contributed by atoms with Crippen LogP contribution in [0.15, 0.2) is 24.3 Å². The van der Waals surface area contributed by atoms with Crippen LogP contribution in [0.1, 0.15) is 45.6 Å². The zero-order valence-corrected chi connectivity index (χ0v) is 13.0. The maximum absolute atomic E-state index is 13.1. The summed E-state index contributed by atoms with van der Waals surface area (Å²) < 4.78 is 13.1. The fraction of sp³-hybridized carbons (Fsp3) is 0.667. The van der Waals surface area contributed by atoms with Gasteiger partial charge < -0.3 is 5.32 Å². The molecule has 0 aliphatic heterocycles. The molecule has 1 saturated carbocycles. The molecular formula is C18H28FN. The van der Waals surface area contributed by atoms with Gasteiger partial charge in [0.1, 0.15) is 5.82 Å². The summed E-state index contributed by atoms with van der Waals surface area (Å²) in [6.07, 6.45) is 4.90. The van der Waals surface area contributed by atoms with E-state index in [1.54, 1.807) is 12.1 Å². The third kappa shape index (κ3) is 4.31. The van der Waals surface area contributed by atoms with Gasteiger partial charge in [0.05, 0.1) is 0 Å². The number of rotatable bonds is 5. The smallest absolute Gasteiger partial charge is 0.123 e. The van der Waals surface area contributed by atoms with Crippen LogP contribution in [0.5, 0.6) is 0 Å². The molecule has 1 aromatic rings. The molecule has 0 radical (unpaired) electrons. The van der Waals surface area contributed by atoms with Crippen LogP contribution in [-0.2, 0) is 6.42 Å². The average molecular weight is 277 g/mol. The summed E-state index contributed by atoms with van der Waals surface area (Å²) in [4.78, 5) is 0. The molecule has 1 aliphatic carbocycles. The van der Waals surface area contributed by atoms with Gasteiger partial charge in [0.25, 0.3) is 0 Å². The second-order valence-corrected chi connectivity index (χ2v) is 6.77. The van der Waals surface area contributed by atoms with Crippen LogP contribution in [0.4, 0.5) is 4.39 Å². The van der Waals surface area contributed by atoms with Gasteiger partial charge in [-0.05, 0) is 61.3 Å². The van der Waals surface area contributed by atoms with E-state index in [0.717, 1.165) is 36.3 Å². The molecule has 1 aliphatic rings. The zero-order valence-electron chi connectivity index (χ0n) is 13.0. The number of hydrogen-bond acceptors (Lipinski definition) is 1. The van der Waals surface area contributed by atoms with Crippen molar-refractivity contribution in [3.8, 4) is 0 Å². The van der Waals surface area contributed by atoms with E-state index < -0.39 is 0 Å². The Hall–Kier alpha value is -0.890. The summed E-state index contributed by atoms with van der Waals surface area (Å²) in [5, 5.41) is 3.73. The third-order valence-electron chi connectivity index (χ3n) is 4.73. The van der Waals surface area contributed by atoms with E-state index in [2.05, 4.69) is 26.1 Å². The summed E-state index contributed by atoms with van der Waals surface area (Å²) in [6, 6.07) is 7.59. The van der Waals surface area contributed by atoms with Gasteiger partial charge in [0, 0.05) is 6.04 Å². The molecule has 1 fully saturated rings. The predicted octanol–water partition coefficient (Wildman–Crippen LogP) is 4.42. The Kier molecular flexibility index (Phi) is 5.59. The van der Waals surface area contributed by atoms with Gasteiger partial charge in [-0.2, -0.15) is 0 Å². The Morgan fingerprint density at radius 3 is 2.80 bits per heavy atom. The van der Waals surface area contributed by atoms with E-state index >= 15 is 0 Å². The predicted molar refractivity (Wildman–Crippen MR) is 83.2 cm³/mol. The Balaban J connectivity index is 1.84. The van der Waals surface area contributed by atoms with Crippen molar-refractivity contribution in [2.75, 3.05) is 6.54 Å². The number of nitrogens with one attached hydrogen (secondary N) is 1. The standard InChI is InChI=1S/C18H28FN/c1-13(2)17-8-7-14(3)11-18(17)20-10-9-15-5-4-6-16(19)12-15/h4-6,12-14,17-18,20H,7-11H2,1-3H3. The Labute approximate surface area is 123 Å². The van der Waals surface area contributed by atoms with Gasteiger partial charge in [-0.25, -0.2) is 4.39 Å². The molecule has 3 unspecified atom stereocenters. The maximum atomic E-state index is 13.1. The largest absolute Gasteiger partial charge is 0.313 e. The first-order valence-electron chi connectivity index (χ1n) is 8.04. The van der Waals surface area contributed by atoms with E-state index in [-0.39, 0.29) is 5.82 Å². The molecule has 0 spiro atoms. The monoisotopic (exact) mass is 277 g/mol. The fourth-order valence-corrected chi connectivity index (χ4v) is 3.53. The minimum atomic E-state index is -0.131. The molecule has 2 heteroatoms. The molecule has 0 aromatic heterocycles. The van der Waals surface area contributed by atoms with E-state index in [1.807, 2.05) is 6.07 Å². The Bertz CT molecular complexity index is 416. The molecule has 3 atom stereocenters. The molecule has 0 heterocycles. The van der Waals surface area contributed by atoms with Crippen molar-refractivity contribution in [2.24, 2.45) is 17.8 Å². The highest BCUT2D eigenvalue weighted by molar-refractivity contribution is 5.16. The van der Waals surface area contributed by atoms with Crippen molar-refractivity contribution >= 4 is 0 Å². The van der Waals surface area contributed by atoms with Crippen LogP contribution in [0.25, 0.3) is 0 Å². The molecular weight excluding hydrogens is 249 g/mol. The SMILES string of the molecule is CC1CCC(C(C)C)C(NCCc2cccc(F)c2)C1. The highest BCUT2D eigenvalue weighted by Gasteiger charge is 2.29. The molecule has 0 saturated heterocycles. The van der Waals surface area contributed by atoms with Gasteiger partial charge in [0.15, 0.2) is 0 Å². The van der Waals surface area contributed by atoms with Gasteiger partial charge in [-0.3, -0.25) is 0 Å². The summed E-state index contributed by atoms with van der Waals surface area (Å²) in [5.41, 5.74) is 1.09. The lowest BCUT2D eigenvalue weighted by molar-refractivity contribution is 0.171. The van der Waals surface area contributed by atoms with Crippen molar-refractivity contribution < 1.29 is 4.39 Å². The average Bonchev–Trinajstić information content (AvgIpc) is 2.38. The lowest BCUT2D eigenvalue weighted by atomic mass is 9.74. The van der Waals surface area contributed by atoms with E-state index in [9.17, 15) is 4.39 Å². The molecule has 1 N–H and O–H groups in total. The highest BCUT2D eigenvalue weighted by atomic mass is 19.1. The van der Waals surface area contributed by atoms with Crippen molar-refractivity contribution in [1.82, 2.24) is 5.32 Å². The lowest BCUT2D eigenvalue weighted by Gasteiger charge is -2.38. The summed E-state index contributed by atoms with van der Waals surface area (Å²) in [5.74, 6) is 2.23. The molecule has 112 valence electrons. The third-order valence-corrected chi connectivity index (χ3v) is 4.73. The number of benzene rings is 1. The highest BCUT2D eigenvalue weighted by Crippen LogP contribution is 2.33. The second-order valence-electron chi connectivity index (χ2n) is 6.77. The van der Waals surface area contributed by atoms with Crippen LogP contribution >= 0.6 is 0 Å². The van der Waals surface area contributed by atoms with Crippen molar-refractivity contribution in [3.63, 3.8) is 0 Å². The molecule has 0 amide bonds. The topological polar surface area (TPSA) is 12.0 Å². The zero-order chi connectivity index (χ0) is 14.5. The van der Waals surface area contributed by atoms with Gasteiger partial charge >= 0.3 is 0 Å². The second kappa shape index (κ2) is 7.21. The maximum Gasteiger partial charge on any atom is 0.123 e. The molecule has 2 rings (SSSR count). The van der Waals surface area contributed by atoms with Crippen molar-refractivity contribution in [2.45, 2.75) is 52.5 Å². The molecule has 1 nitrogen and oxygen atoms in total. The number of hydrogen-bond donors (Lipinski definition) is 1. The first kappa shape index (κ1) is 15.5. The van der Waals surface area contributed by atoms with Crippen LogP contribution in [-0.4, -0.2) is 12.6 Å². The molecule has 1 aromatic carbocycles. The normalized spacial score (nSPS) is 26.9. The van der Waals surface area contributed by atoms with Crippen molar-refractivity contribution in [3.05, 3.63) is 35.6 Å². The van der Waals surface area contributed by atoms with Crippen molar-refractivity contribution in [1.29, 1.82) is 0 Å². The minimum absolute atomic E-state index is 0.131. The number of halogens is 1. The van der Waals surface area contributed by atoms with E-state index in [0.29, 0.717) is 6.04 Å². The van der Waals surface area contributed by atoms with Gasteiger partial charge in [-0.1, -0.05) is 39.3 Å². The molecule has 20 heavy (non-hydrogen) atoms. The van der Waals surface area contributed by atoms with Crippen LogP contribution in [0.3, 0.4) is 0 Å².